The summed E-state index contributed by atoms with van der Waals surface area (Å²) in [4.78, 5) is 19.7. The number of aromatic nitrogens is 2. The van der Waals surface area contributed by atoms with E-state index in [-0.39, 0.29) is 18.4 Å². The first-order valence-electron chi connectivity index (χ1n) is 11.0. The number of nitrogens with one attached hydrogen (secondary N) is 1. The van der Waals surface area contributed by atoms with E-state index in [2.05, 4.69) is 27.0 Å². The fraction of sp³-hybridized carbons (Fsp3) is 0.810. The predicted octanol–water partition coefficient (Wildman–Crippen LogP) is 0.535. The van der Waals surface area contributed by atoms with E-state index in [1.54, 1.807) is 0 Å². The van der Waals surface area contributed by atoms with Crippen LogP contribution in [0.5, 0.6) is 0 Å². The number of rotatable bonds is 6. The van der Waals surface area contributed by atoms with Crippen LogP contribution in [0.15, 0.2) is 0 Å². The minimum atomic E-state index is 0.176. The van der Waals surface area contributed by atoms with Crippen LogP contribution in [0.4, 0.5) is 0 Å². The molecule has 3 heterocycles. The van der Waals surface area contributed by atoms with E-state index in [1.165, 1.54) is 24.1 Å². The second-order valence-electron chi connectivity index (χ2n) is 8.94. The Balaban J connectivity index is 1.29. The van der Waals surface area contributed by atoms with Gasteiger partial charge in [-0.2, -0.15) is 5.10 Å². The van der Waals surface area contributed by atoms with E-state index >= 15 is 0 Å². The minimum absolute atomic E-state index is 0.176. The number of aromatic amines is 1. The van der Waals surface area contributed by atoms with Crippen molar-refractivity contribution in [2.24, 2.45) is 11.8 Å². The average Bonchev–Trinajstić information content (AvgIpc) is 3.32. The number of piperazine rings is 1. The molecule has 0 saturated carbocycles. The van der Waals surface area contributed by atoms with Crippen molar-refractivity contribution in [3.05, 3.63) is 17.0 Å². The van der Waals surface area contributed by atoms with E-state index in [4.69, 9.17) is 0 Å². The number of carbonyl (C=O) groups is 1. The summed E-state index contributed by atoms with van der Waals surface area (Å²) in [6, 6.07) is 0. The lowest BCUT2D eigenvalue weighted by molar-refractivity contribution is -0.130. The lowest BCUT2D eigenvalue weighted by Gasteiger charge is -2.34. The van der Waals surface area contributed by atoms with Crippen LogP contribution in [-0.4, -0.2) is 95.4 Å². The van der Waals surface area contributed by atoms with E-state index < -0.39 is 0 Å². The molecular formula is C21H35N5O2. The molecule has 0 radical (unpaired) electrons. The normalized spacial score (nSPS) is 26.6. The van der Waals surface area contributed by atoms with Crippen molar-refractivity contribution in [3.8, 4) is 0 Å². The Morgan fingerprint density at radius 3 is 2.68 bits per heavy atom. The van der Waals surface area contributed by atoms with Gasteiger partial charge >= 0.3 is 0 Å². The van der Waals surface area contributed by atoms with Crippen molar-refractivity contribution in [2.75, 3.05) is 59.5 Å². The molecule has 2 atom stereocenters. The number of H-pyrrole nitrogens is 1. The first-order valence-corrected chi connectivity index (χ1v) is 11.0. The van der Waals surface area contributed by atoms with E-state index in [0.717, 1.165) is 64.2 Å². The molecule has 1 aliphatic carbocycles. The predicted molar refractivity (Wildman–Crippen MR) is 108 cm³/mol. The highest BCUT2D eigenvalue weighted by molar-refractivity contribution is 5.76. The smallest absolute Gasteiger partial charge is 0.222 e. The Labute approximate surface area is 168 Å². The molecule has 0 bridgehead atoms. The van der Waals surface area contributed by atoms with Gasteiger partial charge in [0.15, 0.2) is 0 Å². The van der Waals surface area contributed by atoms with Gasteiger partial charge in [-0.25, -0.2) is 0 Å². The molecule has 1 aromatic rings. The lowest BCUT2D eigenvalue weighted by Crippen LogP contribution is -2.47. The van der Waals surface area contributed by atoms with E-state index in [1.807, 2.05) is 4.90 Å². The van der Waals surface area contributed by atoms with Gasteiger partial charge in [0, 0.05) is 76.9 Å². The summed E-state index contributed by atoms with van der Waals surface area (Å²) >= 11 is 0. The number of amides is 1. The molecule has 0 aromatic carbocycles. The molecule has 156 valence electrons. The first-order chi connectivity index (χ1) is 13.6. The molecule has 1 aromatic heterocycles. The van der Waals surface area contributed by atoms with Crippen molar-refractivity contribution in [1.82, 2.24) is 24.9 Å². The van der Waals surface area contributed by atoms with Crippen molar-refractivity contribution in [2.45, 2.75) is 38.5 Å². The molecule has 1 amide bonds. The monoisotopic (exact) mass is 389 g/mol. The highest BCUT2D eigenvalue weighted by Crippen LogP contribution is 2.26. The second kappa shape index (κ2) is 8.93. The second-order valence-corrected chi connectivity index (χ2v) is 8.94. The maximum absolute atomic E-state index is 12.8. The Kier molecular flexibility index (Phi) is 6.33. The van der Waals surface area contributed by atoms with Crippen molar-refractivity contribution in [3.63, 3.8) is 0 Å². The third kappa shape index (κ3) is 4.42. The largest absolute Gasteiger partial charge is 0.396 e. The summed E-state index contributed by atoms with van der Waals surface area (Å²) in [5.41, 5.74) is 3.74. The van der Waals surface area contributed by atoms with Crippen LogP contribution in [0.1, 0.15) is 36.2 Å². The molecule has 28 heavy (non-hydrogen) atoms. The maximum Gasteiger partial charge on any atom is 0.222 e. The standard InChI is InChI=1S/C21H35N5O2/c1-24-8-10-25(11-9-24)12-16-13-26(14-17(16)15-27)21(28)7-6-20-18-4-2-3-5-19(18)22-23-20/h16-17,27H,2-15H2,1H3,(H,22,23)/t16-,17-/m1/s1. The van der Waals surface area contributed by atoms with Gasteiger partial charge in [0.1, 0.15) is 0 Å². The number of hydrogen-bond donors (Lipinski definition) is 2. The lowest BCUT2D eigenvalue weighted by atomic mass is 9.94. The van der Waals surface area contributed by atoms with Gasteiger partial charge in [0.25, 0.3) is 0 Å². The van der Waals surface area contributed by atoms with Crippen molar-refractivity contribution >= 4 is 5.91 Å². The van der Waals surface area contributed by atoms with Crippen LogP contribution in [0.2, 0.25) is 0 Å². The molecule has 2 N–H and O–H groups in total. The van der Waals surface area contributed by atoms with Gasteiger partial charge in [-0.15, -0.1) is 0 Å². The summed E-state index contributed by atoms with van der Waals surface area (Å²) in [7, 11) is 2.17. The number of aliphatic hydroxyl groups is 1. The minimum Gasteiger partial charge on any atom is -0.396 e. The summed E-state index contributed by atoms with van der Waals surface area (Å²) in [5, 5.41) is 17.5. The highest BCUT2D eigenvalue weighted by Gasteiger charge is 2.36. The molecule has 3 aliphatic rings. The van der Waals surface area contributed by atoms with Gasteiger partial charge in [-0.3, -0.25) is 9.89 Å². The zero-order valence-corrected chi connectivity index (χ0v) is 17.2. The topological polar surface area (TPSA) is 75.7 Å². The third-order valence-corrected chi connectivity index (χ3v) is 6.97. The number of aliphatic hydroxyl groups excluding tert-OH is 1. The fourth-order valence-electron chi connectivity index (χ4n) is 5.06. The van der Waals surface area contributed by atoms with Gasteiger partial charge in [0.05, 0.1) is 5.69 Å². The summed E-state index contributed by atoms with van der Waals surface area (Å²) in [5.74, 6) is 0.809. The summed E-state index contributed by atoms with van der Waals surface area (Å²) < 4.78 is 0. The quantitative estimate of drug-likeness (QED) is 0.743. The van der Waals surface area contributed by atoms with Crippen LogP contribution in [0.3, 0.4) is 0 Å². The van der Waals surface area contributed by atoms with Gasteiger partial charge < -0.3 is 19.8 Å². The summed E-state index contributed by atoms with van der Waals surface area (Å²) in [6.07, 6.45) is 5.91. The number of carbonyl (C=O) groups excluding carboxylic acids is 1. The molecule has 4 rings (SSSR count). The molecular weight excluding hydrogens is 354 g/mol. The molecule has 7 heteroatoms. The van der Waals surface area contributed by atoms with E-state index in [9.17, 15) is 9.90 Å². The number of fused-ring (bicyclic) bond motifs is 1. The zero-order valence-electron chi connectivity index (χ0n) is 17.2. The van der Waals surface area contributed by atoms with Gasteiger partial charge in [0.2, 0.25) is 5.91 Å². The molecule has 2 saturated heterocycles. The highest BCUT2D eigenvalue weighted by atomic mass is 16.3. The molecule has 0 spiro atoms. The van der Waals surface area contributed by atoms with Crippen LogP contribution in [-0.2, 0) is 24.1 Å². The van der Waals surface area contributed by atoms with Crippen LogP contribution in [0.25, 0.3) is 0 Å². The van der Waals surface area contributed by atoms with E-state index in [0.29, 0.717) is 18.9 Å². The Morgan fingerprint density at radius 2 is 1.89 bits per heavy atom. The summed E-state index contributed by atoms with van der Waals surface area (Å²) in [6.45, 7) is 7.04. The number of hydrogen-bond acceptors (Lipinski definition) is 5. The first kappa shape index (κ1) is 19.9. The third-order valence-electron chi connectivity index (χ3n) is 6.97. The SMILES string of the molecule is CN1CCN(C[C@@H]2CN(C(=O)CCc3n[nH]c4c3CCCC4)C[C@@H]2CO)CC1. The van der Waals surface area contributed by atoms with Crippen molar-refractivity contribution in [1.29, 1.82) is 0 Å². The van der Waals surface area contributed by atoms with Crippen molar-refractivity contribution < 1.29 is 9.90 Å². The number of likely N-dealkylation sites (tertiary alicyclic amines) is 1. The molecule has 2 fully saturated rings. The molecule has 0 unspecified atom stereocenters. The molecule has 2 aliphatic heterocycles. The Morgan fingerprint density at radius 1 is 1.14 bits per heavy atom. The van der Waals surface area contributed by atoms with Crippen LogP contribution < -0.4 is 0 Å². The number of aryl methyl sites for hydroxylation is 2. The number of likely N-dealkylation sites (N-methyl/N-ethyl adjacent to an activating group) is 1. The van der Waals surface area contributed by atoms with Crippen LogP contribution >= 0.6 is 0 Å². The molecule has 7 nitrogen and oxygen atoms in total. The zero-order chi connectivity index (χ0) is 19.5. The van der Waals surface area contributed by atoms with Gasteiger partial charge in [-0.1, -0.05) is 0 Å². The Hall–Kier alpha value is -1.44. The van der Waals surface area contributed by atoms with Crippen LogP contribution in [0, 0.1) is 11.8 Å². The average molecular weight is 390 g/mol. The Bertz CT molecular complexity index is 668. The number of nitrogens with zero attached hydrogens (tertiary/aromatic N) is 4. The van der Waals surface area contributed by atoms with Gasteiger partial charge in [-0.05, 0) is 44.2 Å². The maximum atomic E-state index is 12.8. The fourth-order valence-corrected chi connectivity index (χ4v) is 5.06.